The fourth-order valence-electron chi connectivity index (χ4n) is 1.50. The molecular weight excluding hydrogens is 343 g/mol. The van der Waals surface area contributed by atoms with Gasteiger partial charge in [-0.3, -0.25) is 9.59 Å². The maximum atomic E-state index is 11.7. The first-order valence-corrected chi connectivity index (χ1v) is 7.34. The predicted molar refractivity (Wildman–Crippen MR) is 88.2 cm³/mol. The minimum Gasteiger partial charge on any atom is -0.452 e. The van der Waals surface area contributed by atoms with Crippen molar-refractivity contribution in [3.8, 4) is 0 Å². The SMILES string of the molecule is CNC(=O)CN(C)C(=O)COC(=O)/C=C/c1c(Cl)cccc1Cl. The topological polar surface area (TPSA) is 75.7 Å². The molecule has 0 aliphatic carbocycles. The highest BCUT2D eigenvalue weighted by Crippen LogP contribution is 2.25. The predicted octanol–water partition coefficient (Wildman–Crippen LogP) is 1.75. The Morgan fingerprint density at radius 2 is 1.87 bits per heavy atom. The van der Waals surface area contributed by atoms with Gasteiger partial charge in [0, 0.05) is 35.8 Å². The molecule has 1 N–H and O–H groups in total. The molecule has 0 heterocycles. The summed E-state index contributed by atoms with van der Waals surface area (Å²) in [6.45, 7) is -0.578. The Balaban J connectivity index is 2.53. The van der Waals surface area contributed by atoms with Crippen LogP contribution in [0.25, 0.3) is 6.08 Å². The summed E-state index contributed by atoms with van der Waals surface area (Å²) in [6.07, 6.45) is 2.53. The van der Waals surface area contributed by atoms with Gasteiger partial charge in [0.1, 0.15) is 0 Å². The second kappa shape index (κ2) is 9.17. The number of nitrogens with zero attached hydrogens (tertiary/aromatic N) is 1. The maximum absolute atomic E-state index is 11.7. The van der Waals surface area contributed by atoms with Gasteiger partial charge in [0.15, 0.2) is 6.61 Å². The molecule has 0 saturated carbocycles. The largest absolute Gasteiger partial charge is 0.452 e. The summed E-state index contributed by atoms with van der Waals surface area (Å²) in [5.41, 5.74) is 0.482. The molecule has 6 nitrogen and oxygen atoms in total. The number of esters is 1. The smallest absolute Gasteiger partial charge is 0.331 e. The molecule has 0 aliphatic rings. The number of halogens is 2. The lowest BCUT2D eigenvalue weighted by atomic mass is 10.2. The van der Waals surface area contributed by atoms with Crippen LogP contribution in [0.5, 0.6) is 0 Å². The molecule has 0 aromatic heterocycles. The van der Waals surface area contributed by atoms with Gasteiger partial charge in [-0.2, -0.15) is 0 Å². The molecular formula is C15H16Cl2N2O4. The van der Waals surface area contributed by atoms with Crippen LogP contribution in [0.3, 0.4) is 0 Å². The third-order valence-electron chi connectivity index (χ3n) is 2.81. The standard InChI is InChI=1S/C15H16Cl2N2O4/c1-18-13(20)8-19(2)14(21)9-23-15(22)7-6-10-11(16)4-3-5-12(10)17/h3-7H,8-9H2,1-2H3,(H,18,20)/b7-6+. The zero-order valence-electron chi connectivity index (χ0n) is 12.6. The van der Waals surface area contributed by atoms with Gasteiger partial charge in [-0.25, -0.2) is 4.79 Å². The number of hydrogen-bond donors (Lipinski definition) is 1. The molecule has 2 amide bonds. The number of benzene rings is 1. The molecule has 124 valence electrons. The van der Waals surface area contributed by atoms with Gasteiger partial charge in [-0.1, -0.05) is 29.3 Å². The van der Waals surface area contributed by atoms with Crippen molar-refractivity contribution in [2.75, 3.05) is 27.2 Å². The van der Waals surface area contributed by atoms with E-state index in [9.17, 15) is 14.4 Å². The average Bonchev–Trinajstić information content (AvgIpc) is 2.51. The van der Waals surface area contributed by atoms with E-state index in [1.807, 2.05) is 0 Å². The Kier molecular flexibility index (Phi) is 7.57. The Morgan fingerprint density at radius 1 is 1.26 bits per heavy atom. The van der Waals surface area contributed by atoms with E-state index in [0.717, 1.165) is 11.0 Å². The molecule has 23 heavy (non-hydrogen) atoms. The van der Waals surface area contributed by atoms with Gasteiger partial charge in [-0.05, 0) is 18.2 Å². The lowest BCUT2D eigenvalue weighted by Gasteiger charge is -2.15. The van der Waals surface area contributed by atoms with Crippen LogP contribution in [0.1, 0.15) is 5.56 Å². The molecule has 8 heteroatoms. The summed E-state index contributed by atoms with van der Waals surface area (Å²) < 4.78 is 4.81. The van der Waals surface area contributed by atoms with Crippen LogP contribution in [-0.2, 0) is 19.1 Å². The fraction of sp³-hybridized carbons (Fsp3) is 0.267. The summed E-state index contributed by atoms with van der Waals surface area (Å²) in [4.78, 5) is 35.6. The molecule has 1 rings (SSSR count). The van der Waals surface area contributed by atoms with Gasteiger partial charge in [0.2, 0.25) is 5.91 Å². The molecule has 0 radical (unpaired) electrons. The monoisotopic (exact) mass is 358 g/mol. The van der Waals surface area contributed by atoms with Crippen molar-refractivity contribution in [3.63, 3.8) is 0 Å². The van der Waals surface area contributed by atoms with Crippen molar-refractivity contribution in [3.05, 3.63) is 39.9 Å². The molecule has 0 spiro atoms. The molecule has 1 aromatic rings. The quantitative estimate of drug-likeness (QED) is 0.620. The number of amides is 2. The summed E-state index contributed by atoms with van der Waals surface area (Å²) in [6, 6.07) is 4.95. The number of carbonyl (C=O) groups is 3. The lowest BCUT2D eigenvalue weighted by molar-refractivity contribution is -0.148. The average molecular weight is 359 g/mol. The highest BCUT2D eigenvalue weighted by atomic mass is 35.5. The van der Waals surface area contributed by atoms with Crippen LogP contribution in [-0.4, -0.2) is 49.9 Å². The molecule has 0 bridgehead atoms. The van der Waals surface area contributed by atoms with Gasteiger partial charge in [0.05, 0.1) is 6.54 Å². The highest BCUT2D eigenvalue weighted by Gasteiger charge is 2.13. The normalized spacial score (nSPS) is 10.4. The molecule has 0 unspecified atom stereocenters. The fourth-order valence-corrected chi connectivity index (χ4v) is 2.02. The van der Waals surface area contributed by atoms with Crippen LogP contribution < -0.4 is 5.32 Å². The summed E-state index contributed by atoms with van der Waals surface area (Å²) in [5.74, 6) is -1.53. The van der Waals surface area contributed by atoms with Gasteiger partial charge >= 0.3 is 5.97 Å². The van der Waals surface area contributed by atoms with Gasteiger partial charge in [-0.15, -0.1) is 0 Å². The molecule has 0 fully saturated rings. The van der Waals surface area contributed by atoms with E-state index < -0.39 is 18.5 Å². The highest BCUT2D eigenvalue weighted by molar-refractivity contribution is 6.37. The second-order valence-electron chi connectivity index (χ2n) is 4.50. The van der Waals surface area contributed by atoms with E-state index in [4.69, 9.17) is 27.9 Å². The third kappa shape index (κ3) is 6.30. The van der Waals surface area contributed by atoms with Crippen LogP contribution in [0.4, 0.5) is 0 Å². The Hall–Kier alpha value is -2.05. The van der Waals surface area contributed by atoms with Crippen molar-refractivity contribution in [1.82, 2.24) is 10.2 Å². The van der Waals surface area contributed by atoms with Crippen molar-refractivity contribution >= 4 is 47.1 Å². The van der Waals surface area contributed by atoms with E-state index in [2.05, 4.69) is 5.32 Å². The number of nitrogens with one attached hydrogen (secondary N) is 1. The van der Waals surface area contributed by atoms with Crippen molar-refractivity contribution in [2.24, 2.45) is 0 Å². The van der Waals surface area contributed by atoms with Crippen molar-refractivity contribution in [1.29, 1.82) is 0 Å². The first kappa shape index (κ1) is 19.0. The first-order chi connectivity index (χ1) is 10.8. The van der Waals surface area contributed by atoms with E-state index in [1.165, 1.54) is 20.2 Å². The van der Waals surface area contributed by atoms with Crippen LogP contribution in [0.15, 0.2) is 24.3 Å². The molecule has 0 atom stereocenters. The van der Waals surface area contributed by atoms with Gasteiger partial charge in [0.25, 0.3) is 5.91 Å². The Labute approximate surface area is 144 Å². The number of likely N-dealkylation sites (N-methyl/N-ethyl adjacent to an activating group) is 2. The Morgan fingerprint density at radius 3 is 2.43 bits per heavy atom. The van der Waals surface area contributed by atoms with Crippen LogP contribution in [0, 0.1) is 0 Å². The third-order valence-corrected chi connectivity index (χ3v) is 3.47. The summed E-state index contributed by atoms with van der Waals surface area (Å²) in [7, 11) is 2.90. The van der Waals surface area contributed by atoms with E-state index in [0.29, 0.717) is 15.6 Å². The van der Waals surface area contributed by atoms with E-state index in [-0.39, 0.29) is 12.5 Å². The number of rotatable bonds is 6. The molecule has 0 saturated heterocycles. The van der Waals surface area contributed by atoms with Crippen LogP contribution >= 0.6 is 23.2 Å². The van der Waals surface area contributed by atoms with Crippen LogP contribution in [0.2, 0.25) is 10.0 Å². The zero-order chi connectivity index (χ0) is 17.4. The zero-order valence-corrected chi connectivity index (χ0v) is 14.1. The number of carbonyl (C=O) groups excluding carboxylic acids is 3. The second-order valence-corrected chi connectivity index (χ2v) is 5.31. The van der Waals surface area contributed by atoms with Crippen molar-refractivity contribution < 1.29 is 19.1 Å². The summed E-state index contributed by atoms with van der Waals surface area (Å²) in [5, 5.41) is 3.17. The minimum atomic E-state index is -0.720. The summed E-state index contributed by atoms with van der Waals surface area (Å²) >= 11 is 11.9. The lowest BCUT2D eigenvalue weighted by Crippen LogP contribution is -2.38. The van der Waals surface area contributed by atoms with E-state index in [1.54, 1.807) is 18.2 Å². The Bertz CT molecular complexity index is 612. The number of ether oxygens (including phenoxy) is 1. The molecule has 1 aromatic carbocycles. The van der Waals surface area contributed by atoms with Crippen molar-refractivity contribution in [2.45, 2.75) is 0 Å². The van der Waals surface area contributed by atoms with Gasteiger partial charge < -0.3 is 15.0 Å². The van der Waals surface area contributed by atoms with E-state index >= 15 is 0 Å². The maximum Gasteiger partial charge on any atom is 0.331 e. The minimum absolute atomic E-state index is 0.113. The molecule has 0 aliphatic heterocycles. The first-order valence-electron chi connectivity index (χ1n) is 6.58. The number of hydrogen-bond acceptors (Lipinski definition) is 4.